The van der Waals surface area contributed by atoms with Gasteiger partial charge in [0.15, 0.2) is 0 Å². The lowest BCUT2D eigenvalue weighted by Gasteiger charge is -2.41. The number of hydrogen-bond donors (Lipinski definition) is 1. The van der Waals surface area contributed by atoms with Crippen molar-refractivity contribution in [1.82, 2.24) is 9.88 Å². The number of rotatable bonds is 12. The van der Waals surface area contributed by atoms with Crippen LogP contribution >= 0.6 is 23.4 Å². The van der Waals surface area contributed by atoms with Crippen LogP contribution in [0.25, 0.3) is 10.9 Å². The molecule has 0 atom stereocenters. The minimum Gasteiger partial charge on any atom is -0.497 e. The van der Waals surface area contributed by atoms with Crippen molar-refractivity contribution < 1.29 is 27.8 Å². The topological polar surface area (TPSA) is 62.7 Å². The number of carbonyl (C=O) groups is 1. The molecule has 1 aliphatic rings. The van der Waals surface area contributed by atoms with Crippen molar-refractivity contribution in [2.45, 2.75) is 56.0 Å². The molecule has 0 spiro atoms. The number of fused-ring (bicyclic) bond motifs is 1. The summed E-state index contributed by atoms with van der Waals surface area (Å²) in [7, 11) is 1.62. The molecule has 40 heavy (non-hydrogen) atoms. The number of aliphatic carboxylic acids is 1. The molecule has 0 amide bonds. The predicted octanol–water partition coefficient (Wildman–Crippen LogP) is 7.98. The van der Waals surface area contributed by atoms with Crippen LogP contribution in [0.1, 0.15) is 49.7 Å². The fourth-order valence-corrected chi connectivity index (χ4v) is 6.61. The highest BCUT2D eigenvalue weighted by molar-refractivity contribution is 7.99. The molecule has 1 aromatic heterocycles. The van der Waals surface area contributed by atoms with E-state index in [0.29, 0.717) is 5.02 Å². The number of likely N-dealkylation sites (tertiary alicyclic amines) is 1. The summed E-state index contributed by atoms with van der Waals surface area (Å²) in [6.45, 7) is 2.57. The number of carboxylic acids is 1. The monoisotopic (exact) mass is 594 g/mol. The Morgan fingerprint density at radius 1 is 1.15 bits per heavy atom. The molecule has 0 bridgehead atoms. The predicted molar refractivity (Wildman–Crippen MR) is 153 cm³/mol. The number of nitrogens with zero attached hydrogens (tertiary/aromatic N) is 2. The SMILES string of the molecule is COc1ccc2ncc(Cl)c(CCCC3(CC(=O)O)CCN(CCCSc4ccc(C(F)(F)F)cc4)CC3)c2c1. The molecule has 0 unspecified atom stereocenters. The van der Waals surface area contributed by atoms with Crippen LogP contribution in [0, 0.1) is 5.41 Å². The fraction of sp³-hybridized carbons (Fsp3) is 0.467. The fourth-order valence-electron chi connectivity index (χ4n) is 5.53. The maximum Gasteiger partial charge on any atom is 0.416 e. The zero-order valence-corrected chi connectivity index (χ0v) is 24.0. The van der Waals surface area contributed by atoms with Gasteiger partial charge in [-0.15, -0.1) is 11.8 Å². The van der Waals surface area contributed by atoms with Gasteiger partial charge in [0.25, 0.3) is 0 Å². The molecule has 0 saturated carbocycles. The standard InChI is InChI=1S/C30H34ClF3N2O3S/c1-39-22-7-10-27-25(18-22)24(26(31)20-35-27)4-2-11-29(19-28(37)38)12-15-36(16-13-29)14-3-17-40-23-8-5-21(6-9-23)30(32,33)34/h5-10,18,20H,2-4,11-17,19H2,1H3,(H,37,38). The third-order valence-electron chi connectivity index (χ3n) is 7.78. The number of aryl methyl sites for hydroxylation is 1. The number of methoxy groups -OCH3 is 1. The van der Waals surface area contributed by atoms with E-state index in [1.807, 2.05) is 18.2 Å². The van der Waals surface area contributed by atoms with Crippen LogP contribution in [0.3, 0.4) is 0 Å². The van der Waals surface area contributed by atoms with Gasteiger partial charge in [0.05, 0.1) is 29.6 Å². The first-order valence-corrected chi connectivity index (χ1v) is 14.8. The van der Waals surface area contributed by atoms with Crippen molar-refractivity contribution in [2.24, 2.45) is 5.41 Å². The van der Waals surface area contributed by atoms with E-state index in [1.54, 1.807) is 25.1 Å². The Morgan fingerprint density at radius 2 is 1.88 bits per heavy atom. The molecule has 1 saturated heterocycles. The number of thioether (sulfide) groups is 1. The van der Waals surface area contributed by atoms with Gasteiger partial charge in [0.2, 0.25) is 0 Å². The van der Waals surface area contributed by atoms with Crippen LogP contribution in [-0.2, 0) is 17.4 Å². The summed E-state index contributed by atoms with van der Waals surface area (Å²) in [6.07, 6.45) is 2.44. The van der Waals surface area contributed by atoms with E-state index in [1.165, 1.54) is 12.1 Å². The molecule has 0 aliphatic carbocycles. The minimum atomic E-state index is -4.32. The summed E-state index contributed by atoms with van der Waals surface area (Å²) < 4.78 is 43.6. The number of halogens is 4. The summed E-state index contributed by atoms with van der Waals surface area (Å²) in [6, 6.07) is 11.0. The molecule has 1 aliphatic heterocycles. The first-order chi connectivity index (χ1) is 19.1. The van der Waals surface area contributed by atoms with Gasteiger partial charge >= 0.3 is 12.1 Å². The summed E-state index contributed by atoms with van der Waals surface area (Å²) in [5.41, 5.74) is 0.987. The molecule has 2 aromatic carbocycles. The number of benzene rings is 2. The van der Waals surface area contributed by atoms with E-state index in [2.05, 4.69) is 9.88 Å². The van der Waals surface area contributed by atoms with Crippen molar-refractivity contribution in [3.05, 3.63) is 64.8 Å². The Balaban J connectivity index is 1.27. The highest BCUT2D eigenvalue weighted by Gasteiger charge is 2.36. The van der Waals surface area contributed by atoms with Crippen molar-refractivity contribution >= 4 is 40.2 Å². The van der Waals surface area contributed by atoms with Crippen LogP contribution in [0.15, 0.2) is 53.6 Å². The Bertz CT molecular complexity index is 1300. The van der Waals surface area contributed by atoms with E-state index >= 15 is 0 Å². The maximum absolute atomic E-state index is 12.7. The number of piperidine rings is 1. The molecule has 1 fully saturated rings. The summed E-state index contributed by atoms with van der Waals surface area (Å²) in [4.78, 5) is 19.4. The van der Waals surface area contributed by atoms with E-state index in [-0.39, 0.29) is 11.8 Å². The van der Waals surface area contributed by atoms with Gasteiger partial charge in [-0.1, -0.05) is 11.6 Å². The van der Waals surface area contributed by atoms with Crippen LogP contribution in [0.2, 0.25) is 5.02 Å². The number of alkyl halides is 3. The highest BCUT2D eigenvalue weighted by atomic mass is 35.5. The molecule has 0 radical (unpaired) electrons. The van der Waals surface area contributed by atoms with Crippen LogP contribution in [0.4, 0.5) is 13.2 Å². The van der Waals surface area contributed by atoms with Crippen molar-refractivity contribution in [1.29, 1.82) is 0 Å². The smallest absolute Gasteiger partial charge is 0.416 e. The van der Waals surface area contributed by atoms with E-state index in [0.717, 1.165) is 103 Å². The molecular formula is C30H34ClF3N2O3S. The van der Waals surface area contributed by atoms with Crippen LogP contribution in [-0.4, -0.2) is 53.5 Å². The van der Waals surface area contributed by atoms with Gasteiger partial charge in [-0.25, -0.2) is 0 Å². The van der Waals surface area contributed by atoms with E-state index < -0.39 is 17.7 Å². The zero-order valence-electron chi connectivity index (χ0n) is 22.5. The third kappa shape index (κ3) is 8.04. The first kappa shape index (κ1) is 30.5. The summed E-state index contributed by atoms with van der Waals surface area (Å²) >= 11 is 8.09. The molecule has 1 N–H and O–H groups in total. The number of aromatic nitrogens is 1. The second-order valence-corrected chi connectivity index (χ2v) is 12.0. The molecule has 5 nitrogen and oxygen atoms in total. The van der Waals surface area contributed by atoms with E-state index in [4.69, 9.17) is 16.3 Å². The Hall–Kier alpha value is -2.49. The minimum absolute atomic E-state index is 0.156. The lowest BCUT2D eigenvalue weighted by Crippen LogP contribution is -2.41. The van der Waals surface area contributed by atoms with E-state index in [9.17, 15) is 23.1 Å². The van der Waals surface area contributed by atoms with Crippen molar-refractivity contribution in [2.75, 3.05) is 32.5 Å². The van der Waals surface area contributed by atoms with Gasteiger partial charge in [0, 0.05) is 16.5 Å². The maximum atomic E-state index is 12.7. The molecule has 216 valence electrons. The molecule has 2 heterocycles. The van der Waals surface area contributed by atoms with Gasteiger partial charge < -0.3 is 14.7 Å². The first-order valence-electron chi connectivity index (χ1n) is 13.4. The van der Waals surface area contributed by atoms with Crippen molar-refractivity contribution in [3.8, 4) is 5.75 Å². The number of hydrogen-bond acceptors (Lipinski definition) is 5. The average Bonchev–Trinajstić information content (AvgIpc) is 2.92. The Kier molecular flexibility index (Phi) is 10.2. The van der Waals surface area contributed by atoms with Gasteiger partial charge in [0.1, 0.15) is 5.75 Å². The quantitative estimate of drug-likeness (QED) is 0.169. The largest absolute Gasteiger partial charge is 0.497 e. The van der Waals surface area contributed by atoms with Crippen LogP contribution in [0.5, 0.6) is 5.75 Å². The third-order valence-corrected chi connectivity index (χ3v) is 9.20. The zero-order chi connectivity index (χ0) is 28.8. The van der Waals surface area contributed by atoms with Gasteiger partial charge in [-0.3, -0.25) is 9.78 Å². The molecule has 3 aromatic rings. The molecular weight excluding hydrogens is 561 g/mol. The second-order valence-electron chi connectivity index (χ2n) is 10.5. The molecule has 4 rings (SSSR count). The molecule has 10 heteroatoms. The summed E-state index contributed by atoms with van der Waals surface area (Å²) in [5.74, 6) is 0.789. The van der Waals surface area contributed by atoms with Crippen LogP contribution < -0.4 is 4.74 Å². The summed E-state index contributed by atoms with van der Waals surface area (Å²) in [5, 5.41) is 11.2. The van der Waals surface area contributed by atoms with Gasteiger partial charge in [-0.2, -0.15) is 13.2 Å². The highest BCUT2D eigenvalue weighted by Crippen LogP contribution is 2.41. The second kappa shape index (κ2) is 13.4. The normalized spacial score (nSPS) is 15.8. The lowest BCUT2D eigenvalue weighted by molar-refractivity contribution is -0.141. The number of ether oxygens (including phenoxy) is 1. The Labute approximate surface area is 242 Å². The van der Waals surface area contributed by atoms with Crippen molar-refractivity contribution in [3.63, 3.8) is 0 Å². The number of carboxylic acid groups (broad SMARTS) is 1. The Morgan fingerprint density at radius 3 is 2.52 bits per heavy atom. The number of pyridine rings is 1. The lowest BCUT2D eigenvalue weighted by atomic mass is 9.72. The average molecular weight is 595 g/mol. The van der Waals surface area contributed by atoms with Gasteiger partial charge in [-0.05, 0) is 117 Å².